The highest BCUT2D eigenvalue weighted by Crippen LogP contribution is 2.52. The molecule has 2 aliphatic heterocycles. The quantitative estimate of drug-likeness (QED) is 0.203. The lowest BCUT2D eigenvalue weighted by Gasteiger charge is -2.38. The molecular formula is C40H38BN3. The molecule has 3 heterocycles. The van der Waals surface area contributed by atoms with E-state index in [0.717, 1.165) is 12.8 Å². The molecule has 0 bridgehead atoms. The Morgan fingerprint density at radius 1 is 0.727 bits per heavy atom. The number of aliphatic imine (C=N–C) groups is 1. The van der Waals surface area contributed by atoms with E-state index in [1.807, 2.05) is 24.8 Å². The number of fused-ring (bicyclic) bond motifs is 3. The lowest BCUT2D eigenvalue weighted by Crippen LogP contribution is -2.55. The standard InChI is InChI=1S/C40H38BN3/c1-27-8-6-9-28(2)38(27)41(39-29(3)10-7-11-30(39)4)33-16-12-31(13-17-33)24-32-14-18-34(19-15-32)44-37-20-22-42-25-35(37)36-26-43-23-21-40(36,44)5/h6-20,22-23,25-26H,21,24H2,1-5H3. The zero-order valence-electron chi connectivity index (χ0n) is 26.3. The number of hydrogen-bond acceptors (Lipinski definition) is 3. The smallest absolute Gasteiger partial charge is 0.242 e. The Kier molecular flexibility index (Phi) is 7.09. The van der Waals surface area contributed by atoms with Crippen LogP contribution in [-0.2, 0) is 6.42 Å². The zero-order chi connectivity index (χ0) is 30.4. The predicted octanol–water partition coefficient (Wildman–Crippen LogP) is 7.15. The third kappa shape index (κ3) is 4.70. The van der Waals surface area contributed by atoms with Gasteiger partial charge in [0.1, 0.15) is 0 Å². The van der Waals surface area contributed by atoms with Crippen LogP contribution in [-0.4, -0.2) is 23.5 Å². The van der Waals surface area contributed by atoms with Crippen molar-refractivity contribution in [2.75, 3.05) is 4.90 Å². The van der Waals surface area contributed by atoms with Gasteiger partial charge in [-0.1, -0.05) is 111 Å². The first-order chi connectivity index (χ1) is 21.3. The van der Waals surface area contributed by atoms with Gasteiger partial charge in [0.15, 0.2) is 0 Å². The molecule has 44 heavy (non-hydrogen) atoms. The van der Waals surface area contributed by atoms with Crippen LogP contribution in [0, 0.1) is 27.7 Å². The molecule has 5 aromatic rings. The predicted molar refractivity (Wildman–Crippen MR) is 188 cm³/mol. The first kappa shape index (κ1) is 28.1. The highest BCUT2D eigenvalue weighted by molar-refractivity contribution is 6.96. The maximum atomic E-state index is 4.48. The van der Waals surface area contributed by atoms with Gasteiger partial charge in [-0.15, -0.1) is 0 Å². The van der Waals surface area contributed by atoms with Crippen LogP contribution in [0.5, 0.6) is 0 Å². The molecule has 0 fully saturated rings. The molecule has 0 amide bonds. The molecular weight excluding hydrogens is 533 g/mol. The van der Waals surface area contributed by atoms with Crippen molar-refractivity contribution in [2.24, 2.45) is 4.99 Å². The van der Waals surface area contributed by atoms with Crippen LogP contribution >= 0.6 is 0 Å². The second-order valence-corrected chi connectivity index (χ2v) is 12.7. The summed E-state index contributed by atoms with van der Waals surface area (Å²) in [6.07, 6.45) is 9.66. The van der Waals surface area contributed by atoms with Gasteiger partial charge in [-0.25, -0.2) is 0 Å². The average Bonchev–Trinajstić information content (AvgIpc) is 3.29. The summed E-state index contributed by atoms with van der Waals surface area (Å²) >= 11 is 0. The van der Waals surface area contributed by atoms with Crippen molar-refractivity contribution in [1.29, 1.82) is 0 Å². The van der Waals surface area contributed by atoms with Crippen molar-refractivity contribution in [2.45, 2.75) is 53.0 Å². The van der Waals surface area contributed by atoms with Gasteiger partial charge in [-0.2, -0.15) is 0 Å². The van der Waals surface area contributed by atoms with E-state index >= 15 is 0 Å². The van der Waals surface area contributed by atoms with Crippen LogP contribution in [0.4, 0.5) is 11.4 Å². The number of anilines is 2. The van der Waals surface area contributed by atoms with Crippen molar-refractivity contribution < 1.29 is 0 Å². The number of aryl methyl sites for hydroxylation is 4. The van der Waals surface area contributed by atoms with Gasteiger partial charge < -0.3 is 4.90 Å². The first-order valence-electron chi connectivity index (χ1n) is 15.6. The fourth-order valence-corrected chi connectivity index (χ4v) is 7.53. The molecule has 0 aliphatic carbocycles. The van der Waals surface area contributed by atoms with Gasteiger partial charge in [0, 0.05) is 48.1 Å². The molecule has 0 radical (unpaired) electrons. The Balaban J connectivity index is 1.18. The molecule has 4 heteroatoms. The van der Waals surface area contributed by atoms with Gasteiger partial charge in [-0.05, 0) is 70.4 Å². The summed E-state index contributed by atoms with van der Waals surface area (Å²) in [7, 11) is 0. The summed E-state index contributed by atoms with van der Waals surface area (Å²) in [6, 6.07) is 33.9. The third-order valence-corrected chi connectivity index (χ3v) is 9.78. The van der Waals surface area contributed by atoms with Crippen LogP contribution in [0.25, 0.3) is 5.57 Å². The lowest BCUT2D eigenvalue weighted by molar-refractivity contribution is 0.627. The topological polar surface area (TPSA) is 28.5 Å². The monoisotopic (exact) mass is 571 g/mol. The number of hydrogen-bond donors (Lipinski definition) is 0. The minimum absolute atomic E-state index is 0.161. The highest BCUT2D eigenvalue weighted by Gasteiger charge is 2.45. The average molecular weight is 572 g/mol. The molecule has 1 unspecified atom stereocenters. The number of benzene rings is 4. The van der Waals surface area contributed by atoms with Crippen LogP contribution in [0.2, 0.25) is 0 Å². The Labute approximate surface area is 262 Å². The van der Waals surface area contributed by atoms with E-state index in [9.17, 15) is 0 Å². The maximum absolute atomic E-state index is 4.48. The molecule has 4 aromatic carbocycles. The Hall–Kier alpha value is -4.70. The number of rotatable bonds is 6. The highest BCUT2D eigenvalue weighted by atomic mass is 15.2. The number of pyridine rings is 1. The van der Waals surface area contributed by atoms with Crippen LogP contribution in [0.1, 0.15) is 52.3 Å². The van der Waals surface area contributed by atoms with Gasteiger partial charge in [0.05, 0.1) is 11.2 Å². The van der Waals surface area contributed by atoms with Crippen molar-refractivity contribution in [3.05, 3.63) is 149 Å². The first-order valence-corrected chi connectivity index (χ1v) is 15.6. The summed E-state index contributed by atoms with van der Waals surface area (Å²) in [5.74, 6) is 0. The zero-order valence-corrected chi connectivity index (χ0v) is 26.3. The molecule has 216 valence electrons. The second-order valence-electron chi connectivity index (χ2n) is 12.7. The van der Waals surface area contributed by atoms with Crippen molar-refractivity contribution in [1.82, 2.24) is 4.98 Å². The molecule has 7 rings (SSSR count). The molecule has 0 spiro atoms. The molecule has 2 aliphatic rings. The van der Waals surface area contributed by atoms with Crippen LogP contribution < -0.4 is 21.3 Å². The summed E-state index contributed by atoms with van der Waals surface area (Å²) < 4.78 is 0. The maximum Gasteiger partial charge on any atom is 0.242 e. The molecule has 3 nitrogen and oxygen atoms in total. The number of nitrogens with zero attached hydrogens (tertiary/aromatic N) is 3. The van der Waals surface area contributed by atoms with E-state index in [-0.39, 0.29) is 12.3 Å². The Bertz CT molecular complexity index is 1830. The molecule has 0 saturated heterocycles. The molecule has 0 N–H and O–H groups in total. The van der Waals surface area contributed by atoms with E-state index in [1.54, 1.807) is 0 Å². The van der Waals surface area contributed by atoms with Crippen molar-refractivity contribution in [3.8, 4) is 0 Å². The van der Waals surface area contributed by atoms with E-state index in [1.165, 1.54) is 72.3 Å². The minimum atomic E-state index is -0.161. The summed E-state index contributed by atoms with van der Waals surface area (Å²) in [5.41, 5.74) is 16.8. The molecule has 1 atom stereocenters. The van der Waals surface area contributed by atoms with E-state index in [2.05, 4.69) is 140 Å². The summed E-state index contributed by atoms with van der Waals surface area (Å²) in [6.45, 7) is 11.5. The second kappa shape index (κ2) is 11.1. The SMILES string of the molecule is Cc1cccc(C)c1B(c1ccc(Cc2ccc(N3c4ccncc4C4=CN=CCC43C)cc2)cc1)c1c(C)cccc1C. The molecule has 0 saturated carbocycles. The van der Waals surface area contributed by atoms with Gasteiger partial charge in [0.2, 0.25) is 6.71 Å². The fourth-order valence-electron chi connectivity index (χ4n) is 7.53. The van der Waals surface area contributed by atoms with Crippen LogP contribution in [0.15, 0.2) is 115 Å². The molecule has 1 aromatic heterocycles. The largest absolute Gasteiger partial charge is 0.330 e. The van der Waals surface area contributed by atoms with Gasteiger partial charge >= 0.3 is 0 Å². The van der Waals surface area contributed by atoms with E-state index < -0.39 is 0 Å². The third-order valence-electron chi connectivity index (χ3n) is 9.78. The van der Waals surface area contributed by atoms with Crippen molar-refractivity contribution >= 4 is 46.3 Å². The Morgan fingerprint density at radius 3 is 1.89 bits per heavy atom. The van der Waals surface area contributed by atoms with Gasteiger partial charge in [0.25, 0.3) is 0 Å². The Morgan fingerprint density at radius 2 is 1.30 bits per heavy atom. The summed E-state index contributed by atoms with van der Waals surface area (Å²) in [5, 5.41) is 0. The van der Waals surface area contributed by atoms with Gasteiger partial charge in [-0.3, -0.25) is 9.98 Å². The van der Waals surface area contributed by atoms with Crippen LogP contribution in [0.3, 0.4) is 0 Å². The normalized spacial score (nSPS) is 16.8. The number of aromatic nitrogens is 1. The lowest BCUT2D eigenvalue weighted by atomic mass is 9.34. The fraction of sp³-hybridized carbons (Fsp3) is 0.200. The summed E-state index contributed by atoms with van der Waals surface area (Å²) in [4.78, 5) is 11.4. The minimum Gasteiger partial charge on any atom is -0.330 e. The van der Waals surface area contributed by atoms with Crippen molar-refractivity contribution in [3.63, 3.8) is 0 Å². The van der Waals surface area contributed by atoms with E-state index in [0.29, 0.717) is 0 Å². The van der Waals surface area contributed by atoms with E-state index in [4.69, 9.17) is 0 Å².